The maximum Gasteiger partial charge on any atom is 0.167 e. The van der Waals surface area contributed by atoms with Crippen LogP contribution in [0.4, 0.5) is 0 Å². The molecule has 1 aliphatic rings. The van der Waals surface area contributed by atoms with Gasteiger partial charge < -0.3 is 10.5 Å². The van der Waals surface area contributed by atoms with Crippen molar-refractivity contribution in [2.24, 2.45) is 5.73 Å². The molecule has 0 saturated carbocycles. The molecule has 5 nitrogen and oxygen atoms in total. The molecule has 0 amide bonds. The third kappa shape index (κ3) is 1.71. The Bertz CT molecular complexity index is 277. The van der Waals surface area contributed by atoms with E-state index in [4.69, 9.17) is 10.5 Å². The van der Waals surface area contributed by atoms with Gasteiger partial charge in [0.05, 0.1) is 6.04 Å². The molecule has 2 atom stereocenters. The summed E-state index contributed by atoms with van der Waals surface area (Å²) >= 11 is 0. The SMILES string of the molecule is C[C@@H](N)c1n[nH]c([C@@H]2CCCO2)n1. The summed E-state index contributed by atoms with van der Waals surface area (Å²) in [6.45, 7) is 2.68. The lowest BCUT2D eigenvalue weighted by atomic mass is 10.2. The number of aromatic nitrogens is 3. The summed E-state index contributed by atoms with van der Waals surface area (Å²) in [4.78, 5) is 4.28. The molecular formula is C8H14N4O. The maximum absolute atomic E-state index is 5.64. The zero-order valence-corrected chi connectivity index (χ0v) is 7.66. The van der Waals surface area contributed by atoms with E-state index in [-0.39, 0.29) is 12.1 Å². The van der Waals surface area contributed by atoms with Gasteiger partial charge in [-0.05, 0) is 19.8 Å². The van der Waals surface area contributed by atoms with Crippen LogP contribution in [0.15, 0.2) is 0 Å². The van der Waals surface area contributed by atoms with Crippen LogP contribution in [0.25, 0.3) is 0 Å². The van der Waals surface area contributed by atoms with E-state index in [0.717, 1.165) is 25.3 Å². The highest BCUT2D eigenvalue weighted by Crippen LogP contribution is 2.25. The Kier molecular flexibility index (Phi) is 2.28. The van der Waals surface area contributed by atoms with Crippen molar-refractivity contribution in [2.75, 3.05) is 6.61 Å². The molecule has 1 fully saturated rings. The number of hydrogen-bond acceptors (Lipinski definition) is 4. The predicted octanol–water partition coefficient (Wildman–Crippen LogP) is 0.676. The lowest BCUT2D eigenvalue weighted by Gasteiger charge is -2.03. The molecular weight excluding hydrogens is 168 g/mol. The van der Waals surface area contributed by atoms with Crippen molar-refractivity contribution in [3.05, 3.63) is 11.6 Å². The van der Waals surface area contributed by atoms with E-state index in [1.165, 1.54) is 0 Å². The van der Waals surface area contributed by atoms with Crippen molar-refractivity contribution in [3.8, 4) is 0 Å². The van der Waals surface area contributed by atoms with E-state index >= 15 is 0 Å². The van der Waals surface area contributed by atoms with Gasteiger partial charge in [0.25, 0.3) is 0 Å². The van der Waals surface area contributed by atoms with Crippen LogP contribution in [0.2, 0.25) is 0 Å². The van der Waals surface area contributed by atoms with Crippen molar-refractivity contribution < 1.29 is 4.74 Å². The van der Waals surface area contributed by atoms with Crippen molar-refractivity contribution in [2.45, 2.75) is 31.9 Å². The first-order valence-electron chi connectivity index (χ1n) is 4.57. The van der Waals surface area contributed by atoms with Crippen LogP contribution < -0.4 is 5.73 Å². The van der Waals surface area contributed by atoms with Crippen LogP contribution in [0.3, 0.4) is 0 Å². The molecule has 3 N–H and O–H groups in total. The molecule has 2 heterocycles. The predicted molar refractivity (Wildman–Crippen MR) is 46.9 cm³/mol. The maximum atomic E-state index is 5.64. The van der Waals surface area contributed by atoms with Crippen molar-refractivity contribution in [3.63, 3.8) is 0 Å². The number of nitrogens with one attached hydrogen (secondary N) is 1. The molecule has 1 saturated heterocycles. The molecule has 0 spiro atoms. The van der Waals surface area contributed by atoms with Gasteiger partial charge in [-0.1, -0.05) is 0 Å². The average Bonchev–Trinajstić information content (AvgIpc) is 2.75. The average molecular weight is 182 g/mol. The number of hydrogen-bond donors (Lipinski definition) is 2. The van der Waals surface area contributed by atoms with Gasteiger partial charge in [-0.3, -0.25) is 5.10 Å². The Morgan fingerprint density at radius 1 is 1.69 bits per heavy atom. The van der Waals surface area contributed by atoms with Gasteiger partial charge in [-0.25, -0.2) is 4.98 Å². The molecule has 0 radical (unpaired) electrons. The monoisotopic (exact) mass is 182 g/mol. The zero-order valence-electron chi connectivity index (χ0n) is 7.66. The minimum absolute atomic E-state index is 0.0972. The number of rotatable bonds is 2. The molecule has 1 aromatic heterocycles. The van der Waals surface area contributed by atoms with Crippen molar-refractivity contribution >= 4 is 0 Å². The molecule has 0 aromatic carbocycles. The van der Waals surface area contributed by atoms with Gasteiger partial charge in [-0.2, -0.15) is 5.10 Å². The standard InChI is InChI=1S/C8H14N4O/c1-5(9)7-10-8(12-11-7)6-3-2-4-13-6/h5-6H,2-4,9H2,1H3,(H,10,11,12)/t5-,6+/m1/s1. The molecule has 5 heteroatoms. The first-order chi connectivity index (χ1) is 6.27. The third-order valence-corrected chi connectivity index (χ3v) is 2.16. The van der Waals surface area contributed by atoms with Crippen LogP contribution in [0.5, 0.6) is 0 Å². The fraction of sp³-hybridized carbons (Fsp3) is 0.750. The molecule has 0 unspecified atom stereocenters. The molecule has 1 aliphatic heterocycles. The summed E-state index contributed by atoms with van der Waals surface area (Å²) in [6, 6.07) is -0.119. The number of H-pyrrole nitrogens is 1. The molecule has 0 aliphatic carbocycles. The second-order valence-corrected chi connectivity index (χ2v) is 3.37. The van der Waals surface area contributed by atoms with Crippen molar-refractivity contribution in [1.29, 1.82) is 0 Å². The topological polar surface area (TPSA) is 76.8 Å². The summed E-state index contributed by atoms with van der Waals surface area (Å²) in [5.41, 5.74) is 5.64. The Balaban J connectivity index is 2.12. The van der Waals surface area contributed by atoms with Gasteiger partial charge in [0.1, 0.15) is 6.10 Å². The minimum atomic E-state index is -0.119. The Morgan fingerprint density at radius 3 is 3.08 bits per heavy atom. The summed E-state index contributed by atoms with van der Waals surface area (Å²) in [6.07, 6.45) is 2.21. The van der Waals surface area contributed by atoms with Crippen LogP contribution >= 0.6 is 0 Å². The van der Waals surface area contributed by atoms with E-state index in [0.29, 0.717) is 5.82 Å². The smallest absolute Gasteiger partial charge is 0.167 e. The largest absolute Gasteiger partial charge is 0.370 e. The number of nitrogens with two attached hydrogens (primary N) is 1. The first-order valence-corrected chi connectivity index (χ1v) is 4.57. The third-order valence-electron chi connectivity index (χ3n) is 2.16. The van der Waals surface area contributed by atoms with Gasteiger partial charge in [0, 0.05) is 6.61 Å². The van der Waals surface area contributed by atoms with Gasteiger partial charge in [0.2, 0.25) is 0 Å². The summed E-state index contributed by atoms with van der Waals surface area (Å²) in [5.74, 6) is 1.47. The Labute approximate surface area is 76.7 Å². The summed E-state index contributed by atoms with van der Waals surface area (Å²) < 4.78 is 5.46. The van der Waals surface area contributed by atoms with E-state index < -0.39 is 0 Å². The lowest BCUT2D eigenvalue weighted by Crippen LogP contribution is -2.07. The minimum Gasteiger partial charge on any atom is -0.370 e. The Hall–Kier alpha value is -0.940. The molecule has 0 bridgehead atoms. The van der Waals surface area contributed by atoms with Gasteiger partial charge in [-0.15, -0.1) is 0 Å². The highest BCUT2D eigenvalue weighted by atomic mass is 16.5. The second-order valence-electron chi connectivity index (χ2n) is 3.37. The van der Waals surface area contributed by atoms with E-state index in [2.05, 4.69) is 15.2 Å². The lowest BCUT2D eigenvalue weighted by molar-refractivity contribution is 0.105. The summed E-state index contributed by atoms with van der Waals surface area (Å²) in [7, 11) is 0. The second kappa shape index (κ2) is 3.43. The molecule has 72 valence electrons. The van der Waals surface area contributed by atoms with Gasteiger partial charge >= 0.3 is 0 Å². The van der Waals surface area contributed by atoms with Crippen LogP contribution in [-0.4, -0.2) is 21.8 Å². The number of nitrogens with zero attached hydrogens (tertiary/aromatic N) is 2. The highest BCUT2D eigenvalue weighted by molar-refractivity contribution is 4.98. The first kappa shape index (κ1) is 8.65. The Morgan fingerprint density at radius 2 is 2.54 bits per heavy atom. The zero-order chi connectivity index (χ0) is 9.26. The van der Waals surface area contributed by atoms with E-state index in [1.54, 1.807) is 0 Å². The number of ether oxygens (including phenoxy) is 1. The molecule has 13 heavy (non-hydrogen) atoms. The summed E-state index contributed by atoms with van der Waals surface area (Å²) in [5, 5.41) is 6.88. The van der Waals surface area contributed by atoms with Crippen LogP contribution in [0, 0.1) is 0 Å². The van der Waals surface area contributed by atoms with Gasteiger partial charge in [0.15, 0.2) is 11.6 Å². The van der Waals surface area contributed by atoms with E-state index in [9.17, 15) is 0 Å². The fourth-order valence-electron chi connectivity index (χ4n) is 1.43. The molecule has 2 rings (SSSR count). The van der Waals surface area contributed by atoms with E-state index in [1.807, 2.05) is 6.92 Å². The normalized spacial score (nSPS) is 24.9. The quantitative estimate of drug-likeness (QED) is 0.705. The van der Waals surface area contributed by atoms with Crippen LogP contribution in [0.1, 0.15) is 43.6 Å². The fourth-order valence-corrected chi connectivity index (χ4v) is 1.43. The molecule has 1 aromatic rings. The van der Waals surface area contributed by atoms with Crippen molar-refractivity contribution in [1.82, 2.24) is 15.2 Å². The number of aromatic amines is 1. The van der Waals surface area contributed by atoms with Crippen LogP contribution in [-0.2, 0) is 4.74 Å². The highest BCUT2D eigenvalue weighted by Gasteiger charge is 2.21.